The van der Waals surface area contributed by atoms with Crippen molar-refractivity contribution >= 4 is 21.6 Å². The van der Waals surface area contributed by atoms with E-state index in [1.165, 1.54) is 25.0 Å². The van der Waals surface area contributed by atoms with E-state index >= 15 is 0 Å². The number of nitrogens with zero attached hydrogens (tertiary/aromatic N) is 5. The van der Waals surface area contributed by atoms with Gasteiger partial charge in [0.1, 0.15) is 10.6 Å². The number of amides is 1. The van der Waals surface area contributed by atoms with Crippen LogP contribution in [-0.4, -0.2) is 59.5 Å². The Bertz CT molecular complexity index is 1160. The lowest BCUT2D eigenvalue weighted by atomic mass is 10.2. The lowest BCUT2D eigenvalue weighted by molar-refractivity contribution is -0.116. The van der Waals surface area contributed by atoms with Crippen LogP contribution in [0.5, 0.6) is 5.75 Å². The van der Waals surface area contributed by atoms with Gasteiger partial charge in [-0.05, 0) is 36.8 Å². The van der Waals surface area contributed by atoms with Crippen molar-refractivity contribution in [3.8, 4) is 17.1 Å². The summed E-state index contributed by atoms with van der Waals surface area (Å²) >= 11 is 0. The second-order valence-corrected chi connectivity index (χ2v) is 9.23. The minimum atomic E-state index is -3.73. The van der Waals surface area contributed by atoms with Crippen molar-refractivity contribution in [3.05, 3.63) is 48.5 Å². The molecule has 1 N–H and O–H groups in total. The van der Waals surface area contributed by atoms with E-state index in [9.17, 15) is 13.2 Å². The number of carbonyl (C=O) groups is 1. The minimum absolute atomic E-state index is 0.00223. The third kappa shape index (κ3) is 5.68. The Labute approximate surface area is 187 Å². The molecular weight excluding hydrogens is 432 g/mol. The van der Waals surface area contributed by atoms with Crippen LogP contribution in [0.2, 0.25) is 0 Å². The van der Waals surface area contributed by atoms with Crippen molar-refractivity contribution in [3.63, 3.8) is 0 Å². The molecule has 0 spiro atoms. The van der Waals surface area contributed by atoms with Gasteiger partial charge in [0.05, 0.1) is 13.2 Å². The number of sulfonamides is 1. The van der Waals surface area contributed by atoms with Crippen molar-refractivity contribution < 1.29 is 17.9 Å². The summed E-state index contributed by atoms with van der Waals surface area (Å²) < 4.78 is 31.8. The fourth-order valence-electron chi connectivity index (χ4n) is 2.90. The second kappa shape index (κ2) is 10.3. The van der Waals surface area contributed by atoms with Gasteiger partial charge < -0.3 is 10.1 Å². The smallest absolute Gasteiger partial charge is 0.246 e. The molecule has 170 valence electrons. The summed E-state index contributed by atoms with van der Waals surface area (Å²) in [5.41, 5.74) is 1.25. The molecule has 0 saturated heterocycles. The van der Waals surface area contributed by atoms with Crippen molar-refractivity contribution in [2.24, 2.45) is 0 Å². The zero-order valence-corrected chi connectivity index (χ0v) is 19.0. The van der Waals surface area contributed by atoms with Gasteiger partial charge >= 0.3 is 0 Å². The van der Waals surface area contributed by atoms with Crippen LogP contribution in [0.3, 0.4) is 0 Å². The van der Waals surface area contributed by atoms with Crippen LogP contribution >= 0.6 is 0 Å². The molecule has 0 saturated carbocycles. The zero-order valence-electron chi connectivity index (χ0n) is 18.2. The maximum Gasteiger partial charge on any atom is 0.246 e. The fraction of sp³-hybridized carbons (Fsp3) is 0.333. The molecule has 0 fully saturated rings. The number of hydrogen-bond donors (Lipinski definition) is 1. The van der Waals surface area contributed by atoms with Gasteiger partial charge in [0.2, 0.25) is 21.8 Å². The van der Waals surface area contributed by atoms with Crippen molar-refractivity contribution in [2.75, 3.05) is 26.0 Å². The van der Waals surface area contributed by atoms with Crippen molar-refractivity contribution in [1.82, 2.24) is 24.5 Å². The highest BCUT2D eigenvalue weighted by Crippen LogP contribution is 2.29. The van der Waals surface area contributed by atoms with Gasteiger partial charge in [0, 0.05) is 31.8 Å². The van der Waals surface area contributed by atoms with Crippen LogP contribution in [0, 0.1) is 0 Å². The van der Waals surface area contributed by atoms with Crippen LogP contribution in [-0.2, 0) is 21.4 Å². The standard InChI is InChI=1S/C21H26N6O4S/c1-4-31-18-13-12-17(15-19(18)32(29,30)26(2)3)22-20(28)11-8-14-27-24-21(23-25-27)16-9-6-5-7-10-16/h5-7,9-10,12-13,15H,4,8,11,14H2,1-3H3,(H,22,28). The Kier molecular flexibility index (Phi) is 7.54. The second-order valence-electron chi connectivity index (χ2n) is 7.11. The third-order valence-corrected chi connectivity index (χ3v) is 6.37. The van der Waals surface area contributed by atoms with Gasteiger partial charge in [-0.3, -0.25) is 4.79 Å². The number of ether oxygens (including phenoxy) is 1. The molecule has 11 heteroatoms. The highest BCUT2D eigenvalue weighted by atomic mass is 32.2. The maximum absolute atomic E-state index is 12.6. The SMILES string of the molecule is CCOc1ccc(NC(=O)CCCn2nnc(-c3ccccc3)n2)cc1S(=O)(=O)N(C)C. The molecule has 0 bridgehead atoms. The summed E-state index contributed by atoms with van der Waals surface area (Å²) in [6.07, 6.45) is 0.710. The van der Waals surface area contributed by atoms with Crippen molar-refractivity contribution in [2.45, 2.75) is 31.2 Å². The molecule has 0 aliphatic carbocycles. The summed E-state index contributed by atoms with van der Waals surface area (Å²) in [6.45, 7) is 2.52. The Morgan fingerprint density at radius 1 is 1.16 bits per heavy atom. The molecule has 1 aromatic heterocycles. The molecule has 2 aromatic carbocycles. The molecule has 0 aliphatic rings. The van der Waals surface area contributed by atoms with Crippen LogP contribution < -0.4 is 10.1 Å². The van der Waals surface area contributed by atoms with E-state index in [1.54, 1.807) is 19.1 Å². The van der Waals surface area contributed by atoms with Gasteiger partial charge in [-0.25, -0.2) is 12.7 Å². The topological polar surface area (TPSA) is 119 Å². The van der Waals surface area contributed by atoms with E-state index in [2.05, 4.69) is 20.7 Å². The molecular formula is C21H26N6O4S. The molecule has 3 rings (SSSR count). The predicted octanol–water partition coefficient (Wildman–Crippen LogP) is 2.41. The summed E-state index contributed by atoms with van der Waals surface area (Å²) in [6, 6.07) is 14.1. The third-order valence-electron chi connectivity index (χ3n) is 4.53. The Balaban J connectivity index is 1.60. The normalized spacial score (nSPS) is 11.5. The van der Waals surface area contributed by atoms with Crippen LogP contribution in [0.4, 0.5) is 5.69 Å². The maximum atomic E-state index is 12.6. The number of rotatable bonds is 10. The van der Waals surface area contributed by atoms with Crippen LogP contribution in [0.25, 0.3) is 11.4 Å². The van der Waals surface area contributed by atoms with E-state index in [4.69, 9.17) is 4.74 Å². The molecule has 0 aliphatic heterocycles. The number of tetrazole rings is 1. The molecule has 0 radical (unpaired) electrons. The van der Waals surface area contributed by atoms with E-state index in [-0.39, 0.29) is 23.0 Å². The molecule has 3 aromatic rings. The lowest BCUT2D eigenvalue weighted by Gasteiger charge is -2.16. The number of hydrogen-bond acceptors (Lipinski definition) is 7. The first-order chi connectivity index (χ1) is 15.3. The van der Waals surface area contributed by atoms with Gasteiger partial charge in [-0.15, -0.1) is 10.2 Å². The monoisotopic (exact) mass is 458 g/mol. The molecule has 0 unspecified atom stereocenters. The summed E-state index contributed by atoms with van der Waals surface area (Å²) in [5, 5.41) is 15.1. The fourth-order valence-corrected chi connectivity index (χ4v) is 3.95. The summed E-state index contributed by atoms with van der Waals surface area (Å²) in [4.78, 5) is 13.8. The quantitative estimate of drug-likeness (QED) is 0.495. The van der Waals surface area contributed by atoms with Gasteiger partial charge in [-0.1, -0.05) is 30.3 Å². The largest absolute Gasteiger partial charge is 0.492 e. The number of anilines is 1. The number of carbonyl (C=O) groups excluding carboxylic acids is 1. The Morgan fingerprint density at radius 2 is 1.91 bits per heavy atom. The van der Waals surface area contributed by atoms with E-state index in [1.807, 2.05) is 30.3 Å². The Hall–Kier alpha value is -3.31. The Morgan fingerprint density at radius 3 is 2.59 bits per heavy atom. The number of benzene rings is 2. The molecule has 32 heavy (non-hydrogen) atoms. The lowest BCUT2D eigenvalue weighted by Crippen LogP contribution is -2.23. The predicted molar refractivity (Wildman–Crippen MR) is 120 cm³/mol. The van der Waals surface area contributed by atoms with E-state index in [0.717, 1.165) is 9.87 Å². The average Bonchev–Trinajstić information content (AvgIpc) is 3.24. The number of aromatic nitrogens is 4. The highest BCUT2D eigenvalue weighted by molar-refractivity contribution is 7.89. The highest BCUT2D eigenvalue weighted by Gasteiger charge is 2.23. The molecule has 1 heterocycles. The first kappa shape index (κ1) is 23.4. The van der Waals surface area contributed by atoms with Crippen LogP contribution in [0.15, 0.2) is 53.4 Å². The van der Waals surface area contributed by atoms with E-state index in [0.29, 0.717) is 31.1 Å². The molecule has 10 nitrogen and oxygen atoms in total. The molecule has 1 amide bonds. The first-order valence-corrected chi connectivity index (χ1v) is 11.6. The van der Waals surface area contributed by atoms with E-state index < -0.39 is 10.0 Å². The van der Waals surface area contributed by atoms with Gasteiger partial charge in [-0.2, -0.15) is 4.80 Å². The summed E-state index contributed by atoms with van der Waals surface area (Å²) in [5.74, 6) is 0.524. The van der Waals surface area contributed by atoms with Gasteiger partial charge in [0.15, 0.2) is 0 Å². The summed E-state index contributed by atoms with van der Waals surface area (Å²) in [7, 11) is -0.847. The van der Waals surface area contributed by atoms with Crippen LogP contribution in [0.1, 0.15) is 19.8 Å². The minimum Gasteiger partial charge on any atom is -0.492 e. The molecule has 0 atom stereocenters. The zero-order chi connectivity index (χ0) is 23.1. The first-order valence-electron chi connectivity index (χ1n) is 10.1. The number of aryl methyl sites for hydroxylation is 1. The number of nitrogens with one attached hydrogen (secondary N) is 1. The van der Waals surface area contributed by atoms with Crippen molar-refractivity contribution in [1.29, 1.82) is 0 Å². The van der Waals surface area contributed by atoms with Gasteiger partial charge in [0.25, 0.3) is 0 Å². The average molecular weight is 459 g/mol.